The van der Waals surface area contributed by atoms with Crippen molar-refractivity contribution in [2.45, 2.75) is 38.3 Å². The van der Waals surface area contributed by atoms with Crippen molar-refractivity contribution in [3.05, 3.63) is 23.9 Å². The highest BCUT2D eigenvalue weighted by Crippen LogP contribution is 2.17. The van der Waals surface area contributed by atoms with E-state index in [9.17, 15) is 0 Å². The summed E-state index contributed by atoms with van der Waals surface area (Å²) in [6, 6.07) is 6.65. The second kappa shape index (κ2) is 9.07. The zero-order chi connectivity index (χ0) is 14.4. The third-order valence-electron chi connectivity index (χ3n) is 3.61. The molecule has 0 aromatic carbocycles. The molecular weight excluding hydrogens is 377 g/mol. The first-order valence-corrected chi connectivity index (χ1v) is 7.29. The summed E-state index contributed by atoms with van der Waals surface area (Å²) in [4.78, 5) is 10.9. The Morgan fingerprint density at radius 3 is 2.67 bits per heavy atom. The van der Waals surface area contributed by atoms with Crippen molar-refractivity contribution in [1.82, 2.24) is 15.6 Å². The summed E-state index contributed by atoms with van der Waals surface area (Å²) in [5.74, 6) is 1.84. The second-order valence-electron chi connectivity index (χ2n) is 5.43. The minimum absolute atomic E-state index is 0. The highest BCUT2D eigenvalue weighted by Gasteiger charge is 2.15. The van der Waals surface area contributed by atoms with Crippen LogP contribution in [0.4, 0.5) is 5.82 Å². The van der Waals surface area contributed by atoms with E-state index in [2.05, 4.69) is 20.6 Å². The standard InChI is InChI=1S/C15H25N5.HI/c1-16-15(19-12-7-4-5-8-12)17-11-13-9-6-10-14(18-13)20(2)3;/h6,9-10,12H,4-5,7-8,11H2,1-3H3,(H2,16,17,19);1H. The van der Waals surface area contributed by atoms with Crippen LogP contribution in [0.1, 0.15) is 31.4 Å². The average Bonchev–Trinajstić information content (AvgIpc) is 2.96. The SMILES string of the molecule is CN=C(NCc1cccc(N(C)C)n1)NC1CCCC1.I. The molecule has 2 N–H and O–H groups in total. The van der Waals surface area contributed by atoms with Gasteiger partial charge in [-0.2, -0.15) is 0 Å². The molecule has 6 heteroatoms. The van der Waals surface area contributed by atoms with Crippen molar-refractivity contribution in [1.29, 1.82) is 0 Å². The van der Waals surface area contributed by atoms with Gasteiger partial charge in [-0.25, -0.2) is 4.98 Å². The predicted octanol–water partition coefficient (Wildman–Crippen LogP) is 2.37. The fraction of sp³-hybridized carbons (Fsp3) is 0.600. The number of pyridine rings is 1. The Balaban J connectivity index is 0.00000220. The van der Waals surface area contributed by atoms with Gasteiger partial charge in [-0.3, -0.25) is 4.99 Å². The van der Waals surface area contributed by atoms with Crippen LogP contribution in [0.2, 0.25) is 0 Å². The molecule has 0 aliphatic heterocycles. The number of aliphatic imine (C=N–C) groups is 1. The van der Waals surface area contributed by atoms with Crippen LogP contribution in [0.25, 0.3) is 0 Å². The number of rotatable bonds is 4. The zero-order valence-corrected chi connectivity index (χ0v) is 15.4. The average molecular weight is 403 g/mol. The monoisotopic (exact) mass is 403 g/mol. The maximum atomic E-state index is 4.59. The van der Waals surface area contributed by atoms with Gasteiger partial charge in [0.2, 0.25) is 0 Å². The van der Waals surface area contributed by atoms with Gasteiger partial charge in [0.1, 0.15) is 5.82 Å². The molecule has 0 unspecified atom stereocenters. The normalized spacial score (nSPS) is 15.5. The molecule has 0 bridgehead atoms. The summed E-state index contributed by atoms with van der Waals surface area (Å²) in [6.45, 7) is 0.689. The van der Waals surface area contributed by atoms with Crippen molar-refractivity contribution in [3.63, 3.8) is 0 Å². The Morgan fingerprint density at radius 2 is 2.05 bits per heavy atom. The van der Waals surface area contributed by atoms with Crippen molar-refractivity contribution < 1.29 is 0 Å². The Morgan fingerprint density at radius 1 is 1.33 bits per heavy atom. The number of hydrogen-bond acceptors (Lipinski definition) is 3. The Hall–Kier alpha value is -1.05. The number of guanidine groups is 1. The summed E-state index contributed by atoms with van der Waals surface area (Å²) < 4.78 is 0. The van der Waals surface area contributed by atoms with E-state index < -0.39 is 0 Å². The van der Waals surface area contributed by atoms with E-state index in [4.69, 9.17) is 0 Å². The van der Waals surface area contributed by atoms with E-state index in [1.807, 2.05) is 44.2 Å². The highest BCUT2D eigenvalue weighted by atomic mass is 127. The summed E-state index contributed by atoms with van der Waals surface area (Å²) in [5.41, 5.74) is 1.02. The molecule has 118 valence electrons. The molecule has 1 aliphatic rings. The van der Waals surface area contributed by atoms with Crippen molar-refractivity contribution >= 4 is 35.8 Å². The fourth-order valence-corrected chi connectivity index (χ4v) is 2.45. The molecular formula is C15H26IN5. The summed E-state index contributed by atoms with van der Waals surface area (Å²) in [6.07, 6.45) is 5.13. The van der Waals surface area contributed by atoms with E-state index in [0.717, 1.165) is 17.5 Å². The maximum absolute atomic E-state index is 4.59. The maximum Gasteiger partial charge on any atom is 0.191 e. The van der Waals surface area contributed by atoms with Crippen LogP contribution >= 0.6 is 24.0 Å². The molecule has 1 aromatic heterocycles. The van der Waals surface area contributed by atoms with Gasteiger partial charge >= 0.3 is 0 Å². The first-order chi connectivity index (χ1) is 9.69. The van der Waals surface area contributed by atoms with Crippen LogP contribution < -0.4 is 15.5 Å². The number of nitrogens with one attached hydrogen (secondary N) is 2. The molecule has 0 spiro atoms. The highest BCUT2D eigenvalue weighted by molar-refractivity contribution is 14.0. The van der Waals surface area contributed by atoms with E-state index in [0.29, 0.717) is 12.6 Å². The van der Waals surface area contributed by atoms with Gasteiger partial charge < -0.3 is 15.5 Å². The van der Waals surface area contributed by atoms with Gasteiger partial charge in [0, 0.05) is 27.2 Å². The minimum Gasteiger partial charge on any atom is -0.363 e. The van der Waals surface area contributed by atoms with Crippen LogP contribution in [0.5, 0.6) is 0 Å². The molecule has 5 nitrogen and oxygen atoms in total. The lowest BCUT2D eigenvalue weighted by Gasteiger charge is -2.17. The van der Waals surface area contributed by atoms with E-state index in [1.165, 1.54) is 25.7 Å². The molecule has 1 fully saturated rings. The van der Waals surface area contributed by atoms with Crippen LogP contribution in [0, 0.1) is 0 Å². The molecule has 2 rings (SSSR count). The van der Waals surface area contributed by atoms with E-state index in [-0.39, 0.29) is 24.0 Å². The van der Waals surface area contributed by atoms with Gasteiger partial charge in [0.25, 0.3) is 0 Å². The summed E-state index contributed by atoms with van der Waals surface area (Å²) in [5, 5.41) is 6.81. The lowest BCUT2D eigenvalue weighted by atomic mass is 10.2. The Kier molecular flexibility index (Phi) is 7.77. The minimum atomic E-state index is 0. The second-order valence-corrected chi connectivity index (χ2v) is 5.43. The number of aromatic nitrogens is 1. The van der Waals surface area contributed by atoms with Crippen LogP contribution in [-0.2, 0) is 6.54 Å². The molecule has 21 heavy (non-hydrogen) atoms. The lowest BCUT2D eigenvalue weighted by molar-refractivity contribution is 0.612. The predicted molar refractivity (Wildman–Crippen MR) is 99.6 cm³/mol. The largest absolute Gasteiger partial charge is 0.363 e. The molecule has 1 heterocycles. The van der Waals surface area contributed by atoms with Crippen LogP contribution in [0.3, 0.4) is 0 Å². The van der Waals surface area contributed by atoms with Gasteiger partial charge in [-0.1, -0.05) is 18.9 Å². The zero-order valence-electron chi connectivity index (χ0n) is 13.1. The molecule has 1 aliphatic carbocycles. The lowest BCUT2D eigenvalue weighted by Crippen LogP contribution is -2.42. The number of hydrogen-bond donors (Lipinski definition) is 2. The molecule has 1 aromatic rings. The quantitative estimate of drug-likeness (QED) is 0.461. The topological polar surface area (TPSA) is 52.6 Å². The summed E-state index contributed by atoms with van der Waals surface area (Å²) in [7, 11) is 5.81. The van der Waals surface area contributed by atoms with Crippen LogP contribution in [0.15, 0.2) is 23.2 Å². The molecule has 1 saturated carbocycles. The Bertz CT molecular complexity index is 455. The van der Waals surface area contributed by atoms with E-state index >= 15 is 0 Å². The smallest absolute Gasteiger partial charge is 0.191 e. The number of halogens is 1. The van der Waals surface area contributed by atoms with Gasteiger partial charge in [0.15, 0.2) is 5.96 Å². The Labute approximate surface area is 144 Å². The van der Waals surface area contributed by atoms with Gasteiger partial charge in [0.05, 0.1) is 12.2 Å². The molecule has 0 amide bonds. The number of nitrogens with zero attached hydrogens (tertiary/aromatic N) is 3. The van der Waals surface area contributed by atoms with Gasteiger partial charge in [-0.05, 0) is 25.0 Å². The van der Waals surface area contributed by atoms with Crippen LogP contribution in [-0.4, -0.2) is 38.1 Å². The van der Waals surface area contributed by atoms with Crippen molar-refractivity contribution in [2.75, 3.05) is 26.0 Å². The molecule has 0 atom stereocenters. The molecule has 0 radical (unpaired) electrons. The van der Waals surface area contributed by atoms with E-state index in [1.54, 1.807) is 0 Å². The van der Waals surface area contributed by atoms with Crippen molar-refractivity contribution in [2.24, 2.45) is 4.99 Å². The molecule has 0 saturated heterocycles. The first-order valence-electron chi connectivity index (χ1n) is 7.29. The summed E-state index contributed by atoms with van der Waals surface area (Å²) >= 11 is 0. The van der Waals surface area contributed by atoms with Crippen molar-refractivity contribution in [3.8, 4) is 0 Å². The third kappa shape index (κ3) is 5.68. The first kappa shape index (κ1) is 18.0. The number of anilines is 1. The third-order valence-corrected chi connectivity index (χ3v) is 3.61. The fourth-order valence-electron chi connectivity index (χ4n) is 2.45. The van der Waals surface area contributed by atoms with Gasteiger partial charge in [-0.15, -0.1) is 24.0 Å².